The van der Waals surface area contributed by atoms with E-state index in [1.54, 1.807) is 15.8 Å². The highest BCUT2D eigenvalue weighted by Crippen LogP contribution is 2.36. The van der Waals surface area contributed by atoms with Gasteiger partial charge in [-0.05, 0) is 69.5 Å². The minimum absolute atomic E-state index is 0.107. The molecular formula is C26H29N5O3. The van der Waals surface area contributed by atoms with Crippen molar-refractivity contribution in [1.82, 2.24) is 24.6 Å². The zero-order chi connectivity index (χ0) is 24.0. The molecule has 1 aromatic carbocycles. The Balaban J connectivity index is 1.42. The first-order chi connectivity index (χ1) is 16.2. The van der Waals surface area contributed by atoms with Crippen LogP contribution in [0.4, 0.5) is 4.79 Å². The molecule has 0 fully saturated rings. The summed E-state index contributed by atoms with van der Waals surface area (Å²) in [5, 5.41) is 5.14. The number of carbonyl (C=O) groups excluding carboxylic acids is 1. The van der Waals surface area contributed by atoms with Crippen molar-refractivity contribution in [1.29, 1.82) is 0 Å². The van der Waals surface area contributed by atoms with Crippen LogP contribution in [-0.2, 0) is 18.2 Å². The van der Waals surface area contributed by atoms with Crippen LogP contribution in [0.3, 0.4) is 0 Å². The van der Waals surface area contributed by atoms with Gasteiger partial charge in [-0.2, -0.15) is 5.10 Å². The quantitative estimate of drug-likeness (QED) is 0.430. The van der Waals surface area contributed by atoms with E-state index in [1.807, 2.05) is 71.4 Å². The molecule has 0 spiro atoms. The topological polar surface area (TPSA) is 85.3 Å². The van der Waals surface area contributed by atoms with Crippen LogP contribution >= 0.6 is 0 Å². The summed E-state index contributed by atoms with van der Waals surface area (Å²) >= 11 is 0. The molecule has 4 aromatic rings. The summed E-state index contributed by atoms with van der Waals surface area (Å²) < 4.78 is 13.7. The van der Waals surface area contributed by atoms with Crippen LogP contribution in [0.5, 0.6) is 11.5 Å². The monoisotopic (exact) mass is 459 g/mol. The highest BCUT2D eigenvalue weighted by atomic mass is 16.6. The Morgan fingerprint density at radius 2 is 2.03 bits per heavy atom. The van der Waals surface area contributed by atoms with Crippen molar-refractivity contribution >= 4 is 17.1 Å². The molecule has 8 heteroatoms. The lowest BCUT2D eigenvalue weighted by molar-refractivity contribution is 0.0159. The standard InChI is InChI=1S/C26H29N5O3/c1-16-20-12-19(7-6-17(20)9-11-31(16)25(32)34-26(2,3)4)33-23-8-10-27-24-21(23)13-22(29-24)18-14-28-30(5)15-18/h6-8,10,12-16H,9,11H2,1-5H3,(H,27,29)/t16-/m0/s1. The molecule has 176 valence electrons. The molecule has 1 amide bonds. The number of aromatic nitrogens is 4. The van der Waals surface area contributed by atoms with E-state index in [0.29, 0.717) is 18.0 Å². The zero-order valence-corrected chi connectivity index (χ0v) is 20.1. The lowest BCUT2D eigenvalue weighted by Crippen LogP contribution is -2.42. The minimum Gasteiger partial charge on any atom is -0.457 e. The number of amides is 1. The Kier molecular flexibility index (Phi) is 5.31. The van der Waals surface area contributed by atoms with E-state index in [9.17, 15) is 4.79 Å². The number of hydrogen-bond acceptors (Lipinski definition) is 5. The Labute approximate surface area is 198 Å². The molecule has 0 saturated carbocycles. The molecule has 0 bridgehead atoms. The van der Waals surface area contributed by atoms with Crippen molar-refractivity contribution in [3.8, 4) is 22.8 Å². The second-order valence-electron chi connectivity index (χ2n) is 9.72. The Morgan fingerprint density at radius 3 is 2.76 bits per heavy atom. The SMILES string of the molecule is C[C@H]1c2cc(Oc3ccnc4[nH]c(-c5cnn(C)c5)cc34)ccc2CCN1C(=O)OC(C)(C)C. The number of benzene rings is 1. The van der Waals surface area contributed by atoms with E-state index in [0.717, 1.165) is 34.3 Å². The van der Waals surface area contributed by atoms with Crippen molar-refractivity contribution in [3.05, 3.63) is 60.0 Å². The summed E-state index contributed by atoms with van der Waals surface area (Å²) in [6.45, 7) is 8.32. The van der Waals surface area contributed by atoms with Crippen molar-refractivity contribution in [2.24, 2.45) is 7.05 Å². The number of hydrogen-bond donors (Lipinski definition) is 1. The number of aromatic amines is 1. The van der Waals surface area contributed by atoms with Crippen LogP contribution in [0.1, 0.15) is 44.9 Å². The summed E-state index contributed by atoms with van der Waals surface area (Å²) in [4.78, 5) is 22.3. The average molecular weight is 460 g/mol. The van der Waals surface area contributed by atoms with Gasteiger partial charge < -0.3 is 19.4 Å². The number of nitrogens with one attached hydrogen (secondary N) is 1. The number of H-pyrrole nitrogens is 1. The Bertz CT molecular complexity index is 1360. The van der Waals surface area contributed by atoms with Gasteiger partial charge in [-0.25, -0.2) is 9.78 Å². The number of fused-ring (bicyclic) bond motifs is 2. The molecular weight excluding hydrogens is 430 g/mol. The maximum Gasteiger partial charge on any atom is 0.410 e. The maximum absolute atomic E-state index is 12.7. The lowest BCUT2D eigenvalue weighted by Gasteiger charge is -2.36. The largest absolute Gasteiger partial charge is 0.457 e. The molecule has 8 nitrogen and oxygen atoms in total. The normalized spacial score (nSPS) is 15.9. The first kappa shape index (κ1) is 22.0. The van der Waals surface area contributed by atoms with E-state index < -0.39 is 5.60 Å². The number of rotatable bonds is 3. The number of aryl methyl sites for hydroxylation is 1. The summed E-state index contributed by atoms with van der Waals surface area (Å²) in [7, 11) is 1.89. The molecule has 4 heterocycles. The molecule has 1 aliphatic heterocycles. The minimum atomic E-state index is -0.528. The molecule has 1 atom stereocenters. The molecule has 3 aromatic heterocycles. The molecule has 1 N–H and O–H groups in total. The summed E-state index contributed by atoms with van der Waals surface area (Å²) in [6.07, 6.45) is 5.99. The van der Waals surface area contributed by atoms with Gasteiger partial charge in [0, 0.05) is 31.5 Å². The Hall–Kier alpha value is -3.81. The second kappa shape index (κ2) is 8.20. The zero-order valence-electron chi connectivity index (χ0n) is 20.1. The third kappa shape index (κ3) is 4.23. The highest BCUT2D eigenvalue weighted by Gasteiger charge is 2.31. The van der Waals surface area contributed by atoms with Gasteiger partial charge in [0.05, 0.1) is 23.3 Å². The van der Waals surface area contributed by atoms with Gasteiger partial charge >= 0.3 is 6.09 Å². The number of pyridine rings is 1. The fourth-order valence-electron chi connectivity index (χ4n) is 4.36. The van der Waals surface area contributed by atoms with Gasteiger partial charge in [0.2, 0.25) is 0 Å². The summed E-state index contributed by atoms with van der Waals surface area (Å²) in [5.74, 6) is 1.43. The van der Waals surface area contributed by atoms with E-state index in [2.05, 4.69) is 21.1 Å². The van der Waals surface area contributed by atoms with E-state index >= 15 is 0 Å². The lowest BCUT2D eigenvalue weighted by atomic mass is 9.93. The van der Waals surface area contributed by atoms with Gasteiger partial charge in [0.1, 0.15) is 22.7 Å². The predicted molar refractivity (Wildman–Crippen MR) is 130 cm³/mol. The highest BCUT2D eigenvalue weighted by molar-refractivity contribution is 5.88. The third-order valence-corrected chi connectivity index (χ3v) is 6.02. The van der Waals surface area contributed by atoms with E-state index in [1.165, 1.54) is 5.56 Å². The first-order valence-electron chi connectivity index (χ1n) is 11.4. The van der Waals surface area contributed by atoms with Crippen LogP contribution in [0.2, 0.25) is 0 Å². The third-order valence-electron chi connectivity index (χ3n) is 6.02. The smallest absolute Gasteiger partial charge is 0.410 e. The van der Waals surface area contributed by atoms with E-state index in [-0.39, 0.29) is 12.1 Å². The summed E-state index contributed by atoms with van der Waals surface area (Å²) in [5.41, 5.74) is 4.43. The first-order valence-corrected chi connectivity index (χ1v) is 11.4. The van der Waals surface area contributed by atoms with Crippen LogP contribution in [0, 0.1) is 0 Å². The molecule has 0 radical (unpaired) electrons. The van der Waals surface area contributed by atoms with Crippen LogP contribution in [-0.4, -0.2) is 42.9 Å². The van der Waals surface area contributed by atoms with Crippen molar-refractivity contribution in [2.45, 2.75) is 45.8 Å². The maximum atomic E-state index is 12.7. The van der Waals surface area contributed by atoms with Crippen LogP contribution in [0.15, 0.2) is 48.9 Å². The van der Waals surface area contributed by atoms with Gasteiger partial charge in [0.15, 0.2) is 0 Å². The van der Waals surface area contributed by atoms with Crippen molar-refractivity contribution in [2.75, 3.05) is 6.54 Å². The van der Waals surface area contributed by atoms with Gasteiger partial charge in [-0.1, -0.05) is 6.07 Å². The number of ether oxygens (including phenoxy) is 2. The molecule has 0 aliphatic carbocycles. The molecule has 1 aliphatic rings. The van der Waals surface area contributed by atoms with Gasteiger partial charge in [-0.3, -0.25) is 4.68 Å². The van der Waals surface area contributed by atoms with Gasteiger partial charge in [-0.15, -0.1) is 0 Å². The fraction of sp³-hybridized carbons (Fsp3) is 0.346. The Morgan fingerprint density at radius 1 is 1.21 bits per heavy atom. The fourth-order valence-corrected chi connectivity index (χ4v) is 4.36. The molecule has 34 heavy (non-hydrogen) atoms. The number of carbonyl (C=O) groups is 1. The second-order valence-corrected chi connectivity index (χ2v) is 9.72. The van der Waals surface area contributed by atoms with Crippen LogP contribution < -0.4 is 4.74 Å². The van der Waals surface area contributed by atoms with E-state index in [4.69, 9.17) is 9.47 Å². The molecule has 5 rings (SSSR count). The van der Waals surface area contributed by atoms with Crippen molar-refractivity contribution in [3.63, 3.8) is 0 Å². The molecule has 0 unspecified atom stereocenters. The average Bonchev–Trinajstić information content (AvgIpc) is 3.40. The van der Waals surface area contributed by atoms with Crippen LogP contribution in [0.25, 0.3) is 22.3 Å². The number of nitrogens with zero attached hydrogens (tertiary/aromatic N) is 4. The predicted octanol–water partition coefficient (Wildman–Crippen LogP) is 5.61. The van der Waals surface area contributed by atoms with Gasteiger partial charge in [0.25, 0.3) is 0 Å². The molecule has 0 saturated heterocycles. The van der Waals surface area contributed by atoms with Crippen molar-refractivity contribution < 1.29 is 14.3 Å². The summed E-state index contributed by atoms with van der Waals surface area (Å²) in [6, 6.07) is 9.88.